The van der Waals surface area contributed by atoms with Gasteiger partial charge in [-0.3, -0.25) is 0 Å². The SMILES string of the molecule is CCNC(=O)N(C)[C@H]1CC[C@H](CC(C)(C)C)CC1. The van der Waals surface area contributed by atoms with Crippen molar-refractivity contribution in [2.75, 3.05) is 13.6 Å². The van der Waals surface area contributed by atoms with Gasteiger partial charge in [0.25, 0.3) is 0 Å². The Balaban J connectivity index is 2.37. The lowest BCUT2D eigenvalue weighted by Crippen LogP contribution is -2.45. The Kier molecular flexibility index (Phi) is 5.48. The molecule has 1 aliphatic carbocycles. The van der Waals surface area contributed by atoms with E-state index in [1.54, 1.807) is 0 Å². The summed E-state index contributed by atoms with van der Waals surface area (Å²) in [5, 5.41) is 2.88. The molecule has 0 spiro atoms. The van der Waals surface area contributed by atoms with Gasteiger partial charge in [-0.15, -0.1) is 0 Å². The maximum Gasteiger partial charge on any atom is 0.317 e. The highest BCUT2D eigenvalue weighted by atomic mass is 16.2. The number of amides is 2. The average molecular weight is 254 g/mol. The minimum atomic E-state index is 0.0803. The fourth-order valence-electron chi connectivity index (χ4n) is 3.04. The van der Waals surface area contributed by atoms with Crippen molar-refractivity contribution in [1.29, 1.82) is 0 Å². The Bertz CT molecular complexity index is 262. The molecular formula is C15H30N2O. The molecule has 0 saturated heterocycles. The molecule has 106 valence electrons. The lowest BCUT2D eigenvalue weighted by Gasteiger charge is -2.36. The van der Waals surface area contributed by atoms with E-state index in [2.05, 4.69) is 26.1 Å². The van der Waals surface area contributed by atoms with Crippen LogP contribution in [0.4, 0.5) is 4.79 Å². The average Bonchev–Trinajstić information content (AvgIpc) is 2.27. The van der Waals surface area contributed by atoms with Crippen molar-refractivity contribution in [2.45, 2.75) is 65.8 Å². The summed E-state index contributed by atoms with van der Waals surface area (Å²) in [6.45, 7) is 9.63. The Hall–Kier alpha value is -0.730. The van der Waals surface area contributed by atoms with Gasteiger partial charge >= 0.3 is 6.03 Å². The number of hydrogen-bond acceptors (Lipinski definition) is 1. The second-order valence-electron chi connectivity index (χ2n) is 6.89. The van der Waals surface area contributed by atoms with Gasteiger partial charge in [-0.1, -0.05) is 20.8 Å². The second-order valence-corrected chi connectivity index (χ2v) is 6.89. The molecule has 3 nitrogen and oxygen atoms in total. The van der Waals surface area contributed by atoms with Crippen molar-refractivity contribution < 1.29 is 4.79 Å². The molecule has 2 amide bonds. The van der Waals surface area contributed by atoms with E-state index in [0.717, 1.165) is 18.8 Å². The normalized spacial score (nSPS) is 24.7. The van der Waals surface area contributed by atoms with Crippen molar-refractivity contribution in [2.24, 2.45) is 11.3 Å². The van der Waals surface area contributed by atoms with Gasteiger partial charge in [-0.25, -0.2) is 4.79 Å². The third kappa shape index (κ3) is 4.87. The molecule has 18 heavy (non-hydrogen) atoms. The molecule has 0 atom stereocenters. The fourth-order valence-corrected chi connectivity index (χ4v) is 3.04. The van der Waals surface area contributed by atoms with Crippen LogP contribution in [-0.2, 0) is 0 Å². The van der Waals surface area contributed by atoms with Crippen molar-refractivity contribution in [3.05, 3.63) is 0 Å². The summed E-state index contributed by atoms with van der Waals surface area (Å²) in [6, 6.07) is 0.518. The van der Waals surface area contributed by atoms with E-state index in [9.17, 15) is 4.79 Å². The Morgan fingerprint density at radius 1 is 1.22 bits per heavy atom. The summed E-state index contributed by atoms with van der Waals surface area (Å²) < 4.78 is 0. The summed E-state index contributed by atoms with van der Waals surface area (Å²) in [6.07, 6.45) is 6.17. The molecule has 3 heteroatoms. The molecule has 0 bridgehead atoms. The quantitative estimate of drug-likeness (QED) is 0.819. The van der Waals surface area contributed by atoms with Gasteiger partial charge in [-0.2, -0.15) is 0 Å². The molecule has 0 aromatic heterocycles. The first-order valence-electron chi connectivity index (χ1n) is 7.34. The summed E-state index contributed by atoms with van der Waals surface area (Å²) in [5.41, 5.74) is 0.434. The Labute approximate surface area is 112 Å². The summed E-state index contributed by atoms with van der Waals surface area (Å²) >= 11 is 0. The van der Waals surface area contributed by atoms with Crippen LogP contribution >= 0.6 is 0 Å². The van der Waals surface area contributed by atoms with Gasteiger partial charge in [-0.05, 0) is 50.4 Å². The van der Waals surface area contributed by atoms with E-state index in [1.165, 1.54) is 19.3 Å². The van der Waals surface area contributed by atoms with Crippen LogP contribution in [0.1, 0.15) is 59.8 Å². The van der Waals surface area contributed by atoms with E-state index in [0.29, 0.717) is 18.0 Å². The molecule has 0 aromatic carbocycles. The van der Waals surface area contributed by atoms with Crippen LogP contribution < -0.4 is 5.32 Å². The predicted octanol–water partition coefficient (Wildman–Crippen LogP) is 3.64. The van der Waals surface area contributed by atoms with E-state index < -0.39 is 0 Å². The standard InChI is InChI=1S/C15H30N2O/c1-6-16-14(18)17(5)13-9-7-12(8-10-13)11-15(2,3)4/h12-13H,6-11H2,1-5H3,(H,16,18)/t12-,13-. The zero-order valence-corrected chi connectivity index (χ0v) is 12.8. The molecule has 1 rings (SSSR count). The molecule has 0 aliphatic heterocycles. The summed E-state index contributed by atoms with van der Waals surface area (Å²) in [7, 11) is 1.93. The number of hydrogen-bond donors (Lipinski definition) is 1. The minimum absolute atomic E-state index is 0.0803. The van der Waals surface area contributed by atoms with Crippen LogP contribution in [0.2, 0.25) is 0 Å². The first-order valence-corrected chi connectivity index (χ1v) is 7.34. The highest BCUT2D eigenvalue weighted by molar-refractivity contribution is 5.74. The number of rotatable bonds is 3. The maximum absolute atomic E-state index is 11.8. The molecule has 0 unspecified atom stereocenters. The lowest BCUT2D eigenvalue weighted by atomic mass is 9.76. The number of urea groups is 1. The van der Waals surface area contributed by atoms with E-state index >= 15 is 0 Å². The monoisotopic (exact) mass is 254 g/mol. The molecule has 1 N–H and O–H groups in total. The molecule has 1 saturated carbocycles. The molecule has 0 radical (unpaired) electrons. The van der Waals surface area contributed by atoms with E-state index in [-0.39, 0.29) is 6.03 Å². The van der Waals surface area contributed by atoms with Crippen molar-refractivity contribution >= 4 is 6.03 Å². The summed E-state index contributed by atoms with van der Waals surface area (Å²) in [4.78, 5) is 13.7. The molecule has 1 fully saturated rings. The van der Waals surface area contributed by atoms with Crippen LogP contribution in [0.15, 0.2) is 0 Å². The molecular weight excluding hydrogens is 224 g/mol. The fraction of sp³-hybridized carbons (Fsp3) is 0.933. The summed E-state index contributed by atoms with van der Waals surface area (Å²) in [5.74, 6) is 0.851. The van der Waals surface area contributed by atoms with Crippen LogP contribution in [0.5, 0.6) is 0 Å². The first kappa shape index (κ1) is 15.3. The van der Waals surface area contributed by atoms with Crippen LogP contribution in [0.25, 0.3) is 0 Å². The smallest absolute Gasteiger partial charge is 0.317 e. The largest absolute Gasteiger partial charge is 0.338 e. The third-order valence-corrected chi connectivity index (χ3v) is 3.91. The highest BCUT2D eigenvalue weighted by Gasteiger charge is 2.28. The highest BCUT2D eigenvalue weighted by Crippen LogP contribution is 2.35. The topological polar surface area (TPSA) is 32.3 Å². The van der Waals surface area contributed by atoms with Gasteiger partial charge in [0, 0.05) is 19.6 Å². The maximum atomic E-state index is 11.8. The zero-order valence-electron chi connectivity index (χ0n) is 12.8. The van der Waals surface area contributed by atoms with E-state index in [1.807, 2.05) is 18.9 Å². The van der Waals surface area contributed by atoms with Gasteiger partial charge < -0.3 is 10.2 Å². The second kappa shape index (κ2) is 6.44. The Morgan fingerprint density at radius 2 is 1.78 bits per heavy atom. The van der Waals surface area contributed by atoms with Crippen LogP contribution in [-0.4, -0.2) is 30.6 Å². The number of carbonyl (C=O) groups excluding carboxylic acids is 1. The number of nitrogens with zero attached hydrogens (tertiary/aromatic N) is 1. The molecule has 0 aromatic rings. The van der Waals surface area contributed by atoms with Crippen LogP contribution in [0, 0.1) is 11.3 Å². The van der Waals surface area contributed by atoms with Crippen LogP contribution in [0.3, 0.4) is 0 Å². The van der Waals surface area contributed by atoms with Gasteiger partial charge in [0.05, 0.1) is 0 Å². The molecule has 0 heterocycles. The van der Waals surface area contributed by atoms with Crippen molar-refractivity contribution in [1.82, 2.24) is 10.2 Å². The Morgan fingerprint density at radius 3 is 2.22 bits per heavy atom. The van der Waals surface area contributed by atoms with E-state index in [4.69, 9.17) is 0 Å². The van der Waals surface area contributed by atoms with Crippen molar-refractivity contribution in [3.63, 3.8) is 0 Å². The van der Waals surface area contributed by atoms with Crippen molar-refractivity contribution in [3.8, 4) is 0 Å². The minimum Gasteiger partial charge on any atom is -0.338 e. The van der Waals surface area contributed by atoms with Gasteiger partial charge in [0.1, 0.15) is 0 Å². The zero-order chi connectivity index (χ0) is 13.8. The van der Waals surface area contributed by atoms with Gasteiger partial charge in [0.15, 0.2) is 0 Å². The number of carbonyl (C=O) groups is 1. The number of nitrogens with one attached hydrogen (secondary N) is 1. The predicted molar refractivity (Wildman–Crippen MR) is 76.7 cm³/mol. The lowest BCUT2D eigenvalue weighted by molar-refractivity contribution is 0.147. The third-order valence-electron chi connectivity index (χ3n) is 3.91. The first-order chi connectivity index (χ1) is 8.33. The molecule has 1 aliphatic rings. The van der Waals surface area contributed by atoms with Gasteiger partial charge in [0.2, 0.25) is 0 Å².